The molecule has 1 aliphatic rings. The number of carbonyl (C=O) groups excluding carboxylic acids is 2. The summed E-state index contributed by atoms with van der Waals surface area (Å²) in [7, 11) is 0. The first kappa shape index (κ1) is 17.8. The third-order valence-electron chi connectivity index (χ3n) is 4.42. The molecule has 3 aromatic rings. The molecule has 1 aromatic carbocycles. The monoisotopic (exact) mass is 397 g/mol. The highest BCUT2D eigenvalue weighted by Crippen LogP contribution is 2.22. The van der Waals surface area contributed by atoms with Gasteiger partial charge in [-0.3, -0.25) is 9.69 Å². The van der Waals surface area contributed by atoms with E-state index in [9.17, 15) is 9.59 Å². The Hall–Kier alpha value is -2.64. The number of nitrogens with one attached hydrogen (secondary N) is 1. The molecule has 0 aliphatic carbocycles. The van der Waals surface area contributed by atoms with E-state index in [-0.39, 0.29) is 11.9 Å². The third-order valence-corrected chi connectivity index (χ3v) is 6.15. The average molecular weight is 398 g/mol. The average Bonchev–Trinajstić information content (AvgIpc) is 3.44. The number of anilines is 1. The van der Waals surface area contributed by atoms with Crippen LogP contribution < -0.4 is 10.2 Å². The second-order valence-corrected chi connectivity index (χ2v) is 8.31. The van der Waals surface area contributed by atoms with Gasteiger partial charge in [-0.25, -0.2) is 4.79 Å². The minimum atomic E-state index is -0.0916. The Morgan fingerprint density at radius 3 is 2.11 bits per heavy atom. The number of nitrogens with zero attached hydrogens (tertiary/aromatic N) is 2. The lowest BCUT2D eigenvalue weighted by Crippen LogP contribution is -2.30. The third kappa shape index (κ3) is 4.04. The summed E-state index contributed by atoms with van der Waals surface area (Å²) in [6.07, 6.45) is 0. The van der Waals surface area contributed by atoms with E-state index in [0.717, 1.165) is 15.4 Å². The van der Waals surface area contributed by atoms with Crippen molar-refractivity contribution in [2.45, 2.75) is 13.1 Å². The smallest absolute Gasteiger partial charge is 0.321 e. The van der Waals surface area contributed by atoms with Crippen LogP contribution in [0.2, 0.25) is 0 Å². The van der Waals surface area contributed by atoms with Gasteiger partial charge in [0.15, 0.2) is 0 Å². The summed E-state index contributed by atoms with van der Waals surface area (Å²) in [6, 6.07) is 15.3. The molecule has 0 spiro atoms. The van der Waals surface area contributed by atoms with Crippen LogP contribution >= 0.6 is 22.7 Å². The van der Waals surface area contributed by atoms with Crippen molar-refractivity contribution in [1.82, 2.24) is 10.2 Å². The molecule has 5 nitrogen and oxygen atoms in total. The van der Waals surface area contributed by atoms with Crippen LogP contribution in [-0.4, -0.2) is 29.9 Å². The van der Waals surface area contributed by atoms with Gasteiger partial charge in [-0.15, -0.1) is 22.7 Å². The van der Waals surface area contributed by atoms with Crippen molar-refractivity contribution < 1.29 is 9.59 Å². The van der Waals surface area contributed by atoms with E-state index in [4.69, 9.17) is 0 Å². The summed E-state index contributed by atoms with van der Waals surface area (Å²) in [4.78, 5) is 30.8. The van der Waals surface area contributed by atoms with E-state index >= 15 is 0 Å². The summed E-state index contributed by atoms with van der Waals surface area (Å²) in [5.41, 5.74) is 1.44. The molecule has 3 heterocycles. The van der Waals surface area contributed by atoms with Crippen LogP contribution in [0.4, 0.5) is 10.5 Å². The summed E-state index contributed by atoms with van der Waals surface area (Å²) < 4.78 is 0. The van der Waals surface area contributed by atoms with Gasteiger partial charge in [0.2, 0.25) is 0 Å². The predicted molar refractivity (Wildman–Crippen MR) is 109 cm³/mol. The Morgan fingerprint density at radius 2 is 1.63 bits per heavy atom. The van der Waals surface area contributed by atoms with Crippen LogP contribution in [0.5, 0.6) is 0 Å². The van der Waals surface area contributed by atoms with E-state index in [1.54, 1.807) is 39.7 Å². The summed E-state index contributed by atoms with van der Waals surface area (Å²) in [5, 5.41) is 6.84. The van der Waals surface area contributed by atoms with Crippen LogP contribution in [0.25, 0.3) is 0 Å². The summed E-state index contributed by atoms with van der Waals surface area (Å²) >= 11 is 3.31. The lowest BCUT2D eigenvalue weighted by molar-refractivity contribution is 0.0733. The van der Waals surface area contributed by atoms with Gasteiger partial charge in [0, 0.05) is 34.1 Å². The van der Waals surface area contributed by atoms with E-state index in [2.05, 4.69) is 17.4 Å². The van der Waals surface area contributed by atoms with E-state index in [1.807, 2.05) is 39.9 Å². The maximum absolute atomic E-state index is 13.1. The van der Waals surface area contributed by atoms with Gasteiger partial charge < -0.3 is 10.2 Å². The van der Waals surface area contributed by atoms with Crippen molar-refractivity contribution in [2.75, 3.05) is 18.0 Å². The Labute approximate surface area is 165 Å². The predicted octanol–water partition coefficient (Wildman–Crippen LogP) is 4.18. The number of thiophene rings is 2. The number of hydrogen-bond acceptors (Lipinski definition) is 4. The minimum absolute atomic E-state index is 0.00535. The van der Waals surface area contributed by atoms with Crippen LogP contribution in [0.1, 0.15) is 20.1 Å². The zero-order valence-electron chi connectivity index (χ0n) is 14.6. The van der Waals surface area contributed by atoms with Gasteiger partial charge in [-0.2, -0.15) is 0 Å². The minimum Gasteiger partial charge on any atom is -0.336 e. The first-order chi connectivity index (χ1) is 13.2. The molecule has 0 bridgehead atoms. The van der Waals surface area contributed by atoms with Gasteiger partial charge in [0.1, 0.15) is 0 Å². The lowest BCUT2D eigenvalue weighted by atomic mass is 10.1. The summed E-state index contributed by atoms with van der Waals surface area (Å²) in [5.74, 6) is -0.00535. The second-order valence-electron chi connectivity index (χ2n) is 6.25. The zero-order valence-corrected chi connectivity index (χ0v) is 16.3. The molecule has 1 aliphatic heterocycles. The fraction of sp³-hybridized carbons (Fsp3) is 0.200. The molecule has 1 saturated heterocycles. The van der Waals surface area contributed by atoms with E-state index in [1.165, 1.54) is 0 Å². The molecular formula is C20H19N3O2S2. The van der Waals surface area contributed by atoms with Crippen LogP contribution in [-0.2, 0) is 13.1 Å². The van der Waals surface area contributed by atoms with E-state index < -0.39 is 0 Å². The van der Waals surface area contributed by atoms with Crippen LogP contribution in [0.3, 0.4) is 0 Å². The molecule has 7 heteroatoms. The lowest BCUT2D eigenvalue weighted by Gasteiger charge is -2.22. The maximum atomic E-state index is 13.1. The molecule has 0 radical (unpaired) electrons. The largest absolute Gasteiger partial charge is 0.336 e. The molecule has 2 aromatic heterocycles. The maximum Gasteiger partial charge on any atom is 0.321 e. The number of urea groups is 1. The first-order valence-corrected chi connectivity index (χ1v) is 10.5. The molecule has 1 N–H and O–H groups in total. The normalized spacial score (nSPS) is 13.6. The number of carbonyl (C=O) groups is 2. The Bertz CT molecular complexity index is 869. The zero-order chi connectivity index (χ0) is 18.6. The second kappa shape index (κ2) is 7.94. The van der Waals surface area contributed by atoms with Crippen LogP contribution in [0.15, 0.2) is 59.3 Å². The quantitative estimate of drug-likeness (QED) is 0.678. The Balaban J connectivity index is 1.53. The Kier molecular flexibility index (Phi) is 5.22. The van der Waals surface area contributed by atoms with Gasteiger partial charge in [0.05, 0.1) is 13.1 Å². The molecule has 1 fully saturated rings. The van der Waals surface area contributed by atoms with E-state index in [0.29, 0.717) is 31.7 Å². The highest BCUT2D eigenvalue weighted by Gasteiger charge is 2.22. The molecule has 138 valence electrons. The van der Waals surface area contributed by atoms with Crippen molar-refractivity contribution >= 4 is 40.3 Å². The number of amides is 3. The standard InChI is InChI=1S/C20H19N3O2S2/c24-19(15-5-7-16(8-6-15)23-10-9-21-20(23)25)22(13-17-3-1-11-26-17)14-18-4-2-12-27-18/h1-8,11-12H,9-10,13-14H2,(H,21,25). The fourth-order valence-electron chi connectivity index (χ4n) is 3.07. The van der Waals surface area contributed by atoms with Crippen molar-refractivity contribution in [1.29, 1.82) is 0 Å². The van der Waals surface area contributed by atoms with Crippen molar-refractivity contribution in [3.05, 3.63) is 74.6 Å². The molecule has 0 atom stereocenters. The number of hydrogen-bond donors (Lipinski definition) is 1. The highest BCUT2D eigenvalue weighted by molar-refractivity contribution is 7.10. The first-order valence-electron chi connectivity index (χ1n) is 8.70. The van der Waals surface area contributed by atoms with Gasteiger partial charge in [0.25, 0.3) is 5.91 Å². The highest BCUT2D eigenvalue weighted by atomic mass is 32.1. The number of benzene rings is 1. The molecular weight excluding hydrogens is 378 g/mol. The van der Waals surface area contributed by atoms with Gasteiger partial charge in [-0.1, -0.05) is 12.1 Å². The fourth-order valence-corrected chi connectivity index (χ4v) is 4.50. The van der Waals surface area contributed by atoms with Crippen molar-refractivity contribution in [2.24, 2.45) is 0 Å². The molecule has 4 rings (SSSR count). The number of rotatable bonds is 6. The van der Waals surface area contributed by atoms with Crippen molar-refractivity contribution in [3.8, 4) is 0 Å². The topological polar surface area (TPSA) is 52.7 Å². The van der Waals surface area contributed by atoms with Gasteiger partial charge >= 0.3 is 6.03 Å². The molecule has 0 unspecified atom stereocenters. The van der Waals surface area contributed by atoms with Crippen molar-refractivity contribution in [3.63, 3.8) is 0 Å². The Morgan fingerprint density at radius 1 is 1.00 bits per heavy atom. The van der Waals surface area contributed by atoms with Crippen LogP contribution in [0, 0.1) is 0 Å². The molecule has 0 saturated carbocycles. The SMILES string of the molecule is O=C(c1ccc(N2CCNC2=O)cc1)N(Cc1cccs1)Cc1cccs1. The molecule has 3 amide bonds. The molecule has 27 heavy (non-hydrogen) atoms. The van der Waals surface area contributed by atoms with Gasteiger partial charge in [-0.05, 0) is 47.2 Å². The summed E-state index contributed by atoms with van der Waals surface area (Å²) in [6.45, 7) is 2.47.